The molecular formula is C8H4F2N2O2. The van der Waals surface area contributed by atoms with Crippen LogP contribution in [0.15, 0.2) is 12.3 Å². The molecule has 0 fully saturated rings. The molecule has 1 rings (SSSR count). The van der Waals surface area contributed by atoms with E-state index in [0.29, 0.717) is 6.07 Å². The fraction of sp³-hybridized carbons (Fsp3) is 0.125. The van der Waals surface area contributed by atoms with E-state index in [1.165, 1.54) is 6.07 Å². The van der Waals surface area contributed by atoms with Crippen LogP contribution in [0.4, 0.5) is 8.78 Å². The van der Waals surface area contributed by atoms with Crippen molar-refractivity contribution in [2.45, 2.75) is 6.43 Å². The van der Waals surface area contributed by atoms with Crippen LogP contribution in [0.5, 0.6) is 0 Å². The Kier molecular flexibility index (Phi) is 2.72. The van der Waals surface area contributed by atoms with Gasteiger partial charge in [0.2, 0.25) is 0 Å². The number of nitrogens with zero attached hydrogens (tertiary/aromatic N) is 2. The van der Waals surface area contributed by atoms with E-state index in [0.717, 1.165) is 6.20 Å². The molecule has 1 aromatic heterocycles. The molecule has 0 aliphatic heterocycles. The third-order valence-electron chi connectivity index (χ3n) is 1.51. The smallest absolute Gasteiger partial charge is 0.354 e. The molecule has 0 radical (unpaired) electrons. The summed E-state index contributed by atoms with van der Waals surface area (Å²) in [5.41, 5.74) is -1.43. The molecule has 0 atom stereocenters. The quantitative estimate of drug-likeness (QED) is 0.782. The molecule has 4 nitrogen and oxygen atoms in total. The van der Waals surface area contributed by atoms with Gasteiger partial charge < -0.3 is 5.11 Å². The third-order valence-corrected chi connectivity index (χ3v) is 1.51. The molecule has 0 spiro atoms. The molecule has 14 heavy (non-hydrogen) atoms. The van der Waals surface area contributed by atoms with Crippen LogP contribution >= 0.6 is 0 Å². The van der Waals surface area contributed by atoms with Gasteiger partial charge in [-0.2, -0.15) is 5.26 Å². The predicted molar refractivity (Wildman–Crippen MR) is 40.9 cm³/mol. The molecule has 72 valence electrons. The van der Waals surface area contributed by atoms with Crippen LogP contribution in [0, 0.1) is 11.3 Å². The highest BCUT2D eigenvalue weighted by Gasteiger charge is 2.16. The number of halogens is 2. The summed E-state index contributed by atoms with van der Waals surface area (Å²) in [5.74, 6) is -1.41. The molecule has 0 aliphatic carbocycles. The maximum atomic E-state index is 12.3. The van der Waals surface area contributed by atoms with E-state index in [1.807, 2.05) is 0 Å². The number of hydrogen-bond donors (Lipinski definition) is 1. The van der Waals surface area contributed by atoms with Crippen LogP contribution in [0.1, 0.15) is 28.0 Å². The van der Waals surface area contributed by atoms with Crippen molar-refractivity contribution in [3.8, 4) is 6.07 Å². The van der Waals surface area contributed by atoms with Gasteiger partial charge in [-0.1, -0.05) is 0 Å². The summed E-state index contributed by atoms with van der Waals surface area (Å²) >= 11 is 0. The second-order valence-corrected chi connectivity index (χ2v) is 2.37. The number of pyridine rings is 1. The number of carbonyl (C=O) groups is 1. The molecule has 0 saturated heterocycles. The van der Waals surface area contributed by atoms with Crippen molar-refractivity contribution >= 4 is 5.97 Å². The van der Waals surface area contributed by atoms with E-state index in [-0.39, 0.29) is 5.56 Å². The lowest BCUT2D eigenvalue weighted by Crippen LogP contribution is -2.03. The van der Waals surface area contributed by atoms with Crippen molar-refractivity contribution in [3.63, 3.8) is 0 Å². The highest BCUT2D eigenvalue weighted by Crippen LogP contribution is 2.22. The van der Waals surface area contributed by atoms with Crippen molar-refractivity contribution in [1.29, 1.82) is 5.26 Å². The van der Waals surface area contributed by atoms with Gasteiger partial charge >= 0.3 is 5.97 Å². The Hall–Kier alpha value is -2.03. The molecule has 1 heterocycles. The summed E-state index contributed by atoms with van der Waals surface area (Å²) in [6.07, 6.45) is -2.06. The highest BCUT2D eigenvalue weighted by atomic mass is 19.3. The third kappa shape index (κ3) is 1.82. The molecule has 0 saturated carbocycles. The summed E-state index contributed by atoms with van der Waals surface area (Å²) in [4.78, 5) is 13.7. The SMILES string of the molecule is N#Cc1cnc(C(=O)O)cc1C(F)F. The van der Waals surface area contributed by atoms with E-state index in [2.05, 4.69) is 4.98 Å². The lowest BCUT2D eigenvalue weighted by molar-refractivity contribution is 0.0690. The Morgan fingerprint density at radius 2 is 2.29 bits per heavy atom. The summed E-state index contributed by atoms with van der Waals surface area (Å²) in [5, 5.41) is 16.9. The summed E-state index contributed by atoms with van der Waals surface area (Å²) in [6.45, 7) is 0. The lowest BCUT2D eigenvalue weighted by atomic mass is 10.1. The number of aromatic nitrogens is 1. The van der Waals surface area contributed by atoms with E-state index in [4.69, 9.17) is 10.4 Å². The average Bonchev–Trinajstić information content (AvgIpc) is 2.16. The summed E-state index contributed by atoms with van der Waals surface area (Å²) in [7, 11) is 0. The number of carboxylic acids is 1. The Morgan fingerprint density at radius 1 is 1.64 bits per heavy atom. The summed E-state index contributed by atoms with van der Waals surface area (Å²) < 4.78 is 24.6. The van der Waals surface area contributed by atoms with Gasteiger partial charge in [-0.05, 0) is 6.07 Å². The Bertz CT molecular complexity index is 412. The van der Waals surface area contributed by atoms with Gasteiger partial charge in [0.05, 0.1) is 5.56 Å². The molecule has 6 heteroatoms. The molecule has 0 aliphatic rings. The number of nitriles is 1. The van der Waals surface area contributed by atoms with Gasteiger partial charge in [-0.15, -0.1) is 0 Å². The topological polar surface area (TPSA) is 74.0 Å². The fourth-order valence-electron chi connectivity index (χ4n) is 0.862. The largest absolute Gasteiger partial charge is 0.477 e. The van der Waals surface area contributed by atoms with Crippen LogP contribution in [-0.4, -0.2) is 16.1 Å². The van der Waals surface area contributed by atoms with Crippen LogP contribution in [0.3, 0.4) is 0 Å². The van der Waals surface area contributed by atoms with Gasteiger partial charge in [0.15, 0.2) is 0 Å². The maximum absolute atomic E-state index is 12.3. The molecule has 1 aromatic rings. The first-order valence-electron chi connectivity index (χ1n) is 3.47. The Morgan fingerprint density at radius 3 is 2.71 bits per heavy atom. The van der Waals surface area contributed by atoms with Crippen molar-refractivity contribution < 1.29 is 18.7 Å². The predicted octanol–water partition coefficient (Wildman–Crippen LogP) is 1.59. The van der Waals surface area contributed by atoms with Crippen LogP contribution in [0.2, 0.25) is 0 Å². The Balaban J connectivity index is 3.29. The average molecular weight is 198 g/mol. The minimum absolute atomic E-state index is 0.315. The zero-order valence-electron chi connectivity index (χ0n) is 6.74. The fourth-order valence-corrected chi connectivity index (χ4v) is 0.862. The van der Waals surface area contributed by atoms with Gasteiger partial charge in [-0.25, -0.2) is 18.6 Å². The number of hydrogen-bond acceptors (Lipinski definition) is 3. The maximum Gasteiger partial charge on any atom is 0.354 e. The second kappa shape index (κ2) is 3.79. The number of rotatable bonds is 2. The summed E-state index contributed by atoms with van der Waals surface area (Å²) in [6, 6.07) is 2.21. The van der Waals surface area contributed by atoms with Crippen LogP contribution < -0.4 is 0 Å². The van der Waals surface area contributed by atoms with E-state index in [1.54, 1.807) is 0 Å². The van der Waals surface area contributed by atoms with Gasteiger partial charge in [0.25, 0.3) is 6.43 Å². The first kappa shape index (κ1) is 10.1. The van der Waals surface area contributed by atoms with E-state index in [9.17, 15) is 13.6 Å². The lowest BCUT2D eigenvalue weighted by Gasteiger charge is -2.02. The first-order chi connectivity index (χ1) is 6.56. The van der Waals surface area contributed by atoms with Crippen molar-refractivity contribution in [2.75, 3.05) is 0 Å². The molecule has 1 N–H and O–H groups in total. The van der Waals surface area contributed by atoms with Gasteiger partial charge in [0.1, 0.15) is 11.8 Å². The van der Waals surface area contributed by atoms with Crippen LogP contribution in [0.25, 0.3) is 0 Å². The number of carboxylic acid groups (broad SMARTS) is 1. The second-order valence-electron chi connectivity index (χ2n) is 2.37. The minimum atomic E-state index is -2.88. The van der Waals surface area contributed by atoms with Gasteiger partial charge in [0, 0.05) is 11.8 Å². The molecule has 0 unspecified atom stereocenters. The molecule has 0 amide bonds. The normalized spacial score (nSPS) is 9.86. The molecule has 0 bridgehead atoms. The monoisotopic (exact) mass is 198 g/mol. The minimum Gasteiger partial charge on any atom is -0.477 e. The zero-order valence-corrected chi connectivity index (χ0v) is 6.74. The van der Waals surface area contributed by atoms with Crippen molar-refractivity contribution in [1.82, 2.24) is 4.98 Å². The first-order valence-corrected chi connectivity index (χ1v) is 3.47. The molecular weight excluding hydrogens is 194 g/mol. The highest BCUT2D eigenvalue weighted by molar-refractivity contribution is 5.85. The van der Waals surface area contributed by atoms with Crippen molar-refractivity contribution in [2.24, 2.45) is 0 Å². The van der Waals surface area contributed by atoms with Gasteiger partial charge in [-0.3, -0.25) is 0 Å². The number of aromatic carboxylic acids is 1. The van der Waals surface area contributed by atoms with Crippen molar-refractivity contribution in [3.05, 3.63) is 29.1 Å². The Labute approximate surface area is 77.4 Å². The van der Waals surface area contributed by atoms with E-state index < -0.39 is 23.7 Å². The zero-order chi connectivity index (χ0) is 10.7. The standard InChI is InChI=1S/C8H4F2N2O2/c9-7(10)5-1-6(8(13)14)12-3-4(5)2-11/h1,3,7H,(H,13,14). The van der Waals surface area contributed by atoms with Crippen LogP contribution in [-0.2, 0) is 0 Å². The number of alkyl halides is 2. The van der Waals surface area contributed by atoms with E-state index >= 15 is 0 Å². The molecule has 0 aromatic carbocycles.